The normalized spacial score (nSPS) is 18.9. The number of nitrogens with zero attached hydrogens (tertiary/aromatic N) is 1. The summed E-state index contributed by atoms with van der Waals surface area (Å²) in [7, 11) is 0. The molecule has 0 spiro atoms. The molecule has 1 aliphatic rings. The molecule has 0 aromatic heterocycles. The summed E-state index contributed by atoms with van der Waals surface area (Å²) in [6.07, 6.45) is 2.47. The zero-order valence-corrected chi connectivity index (χ0v) is 5.18. The van der Waals surface area contributed by atoms with Crippen LogP contribution in [0.15, 0.2) is 0 Å². The first-order chi connectivity index (χ1) is 4.43. The predicted molar refractivity (Wildman–Crippen MR) is 33.4 cm³/mol. The van der Waals surface area contributed by atoms with E-state index in [0.29, 0.717) is 0 Å². The summed E-state index contributed by atoms with van der Waals surface area (Å²) in [5.41, 5.74) is 0. The third-order valence-electron chi connectivity index (χ3n) is 1.32. The van der Waals surface area contributed by atoms with Gasteiger partial charge in [0.25, 0.3) is 0 Å². The van der Waals surface area contributed by atoms with E-state index in [0.717, 1.165) is 26.2 Å². The first-order valence-electron chi connectivity index (χ1n) is 3.02. The fraction of sp³-hybridized carbons (Fsp3) is 0.667. The molecule has 1 rings (SSSR count). The van der Waals surface area contributed by atoms with E-state index in [2.05, 4.69) is 11.5 Å². The van der Waals surface area contributed by atoms with E-state index in [-0.39, 0.29) is 0 Å². The van der Waals surface area contributed by atoms with Crippen molar-refractivity contribution in [1.29, 1.82) is 0 Å². The van der Waals surface area contributed by atoms with Gasteiger partial charge in [0.2, 0.25) is 0 Å². The van der Waals surface area contributed by atoms with Crippen LogP contribution in [0.2, 0.25) is 0 Å². The average molecular weight is 125 g/mol. The van der Waals surface area contributed by atoms with Crippen LogP contribution in [0.25, 0.3) is 0 Å². The fourth-order valence-corrected chi connectivity index (χ4v) is 0.841. The van der Waals surface area contributed by atoms with Crippen molar-refractivity contribution in [1.82, 2.24) is 10.2 Å². The third kappa shape index (κ3) is 1.88. The summed E-state index contributed by atoms with van der Waals surface area (Å²) >= 11 is 0. The first-order valence-corrected chi connectivity index (χ1v) is 3.02. The van der Waals surface area contributed by atoms with Gasteiger partial charge < -0.3 is 10.2 Å². The molecule has 1 saturated heterocycles. The zero-order chi connectivity index (χ0) is 6.53. The number of rotatable bonds is 1. The molecular weight excluding hydrogens is 116 g/mol. The zero-order valence-electron chi connectivity index (χ0n) is 5.18. The van der Waals surface area contributed by atoms with Crippen LogP contribution in [0.3, 0.4) is 0 Å². The van der Waals surface area contributed by atoms with Crippen molar-refractivity contribution in [3.05, 3.63) is 6.20 Å². The summed E-state index contributed by atoms with van der Waals surface area (Å²) in [6, 6.07) is 0. The summed E-state index contributed by atoms with van der Waals surface area (Å²) in [5, 5.41) is 3.16. The van der Waals surface area contributed by atoms with E-state index in [1.807, 2.05) is 4.90 Å². The quantitative estimate of drug-likeness (QED) is 0.458. The highest BCUT2D eigenvalue weighted by Gasteiger charge is 2.04. The first kappa shape index (κ1) is 6.33. The Morgan fingerprint density at radius 2 is 2.00 bits per heavy atom. The van der Waals surface area contributed by atoms with Gasteiger partial charge in [0.1, 0.15) is 0 Å². The van der Waals surface area contributed by atoms with Crippen LogP contribution in [-0.2, 0) is 4.79 Å². The van der Waals surface area contributed by atoms with Crippen LogP contribution in [0.4, 0.5) is 0 Å². The monoisotopic (exact) mass is 125 g/mol. The summed E-state index contributed by atoms with van der Waals surface area (Å²) < 4.78 is 0. The number of nitrogens with one attached hydrogen (secondary N) is 1. The van der Waals surface area contributed by atoms with Gasteiger partial charge in [-0.05, 0) is 0 Å². The van der Waals surface area contributed by atoms with Gasteiger partial charge >= 0.3 is 0 Å². The fourth-order valence-electron chi connectivity index (χ4n) is 0.841. The second-order valence-electron chi connectivity index (χ2n) is 1.95. The molecule has 49 valence electrons. The second-order valence-corrected chi connectivity index (χ2v) is 1.95. The van der Waals surface area contributed by atoms with Crippen molar-refractivity contribution in [3.8, 4) is 0 Å². The second kappa shape index (κ2) is 3.28. The van der Waals surface area contributed by atoms with Gasteiger partial charge in [0.05, 0.1) is 0 Å². The molecule has 1 N–H and O–H groups in total. The Hall–Kier alpha value is -0.790. The molecule has 0 unspecified atom stereocenters. The Balaban J connectivity index is 2.31. The molecule has 3 nitrogen and oxygen atoms in total. The molecule has 1 aliphatic heterocycles. The predicted octanol–water partition coefficient (Wildman–Crippen LogP) is -0.960. The smallest absolute Gasteiger partial charge is 0.158 e. The molecular formula is C6H9N2O. The largest absolute Gasteiger partial charge is 0.358 e. The van der Waals surface area contributed by atoms with Crippen molar-refractivity contribution in [2.75, 3.05) is 26.2 Å². The number of hydrogen-bond acceptors (Lipinski definition) is 3. The molecule has 3 heteroatoms. The lowest BCUT2D eigenvalue weighted by Gasteiger charge is -2.23. The highest BCUT2D eigenvalue weighted by molar-refractivity contribution is 5.40. The molecule has 0 atom stereocenters. The van der Waals surface area contributed by atoms with E-state index < -0.39 is 0 Å². The minimum atomic E-state index is 0.870. The van der Waals surface area contributed by atoms with Crippen LogP contribution in [0.5, 0.6) is 0 Å². The lowest BCUT2D eigenvalue weighted by atomic mass is 10.4. The van der Waals surface area contributed by atoms with Gasteiger partial charge in [-0.15, -0.1) is 0 Å². The Kier molecular flexibility index (Phi) is 2.31. The van der Waals surface area contributed by atoms with Crippen molar-refractivity contribution in [3.63, 3.8) is 0 Å². The molecule has 0 saturated carbocycles. The lowest BCUT2D eigenvalue weighted by molar-refractivity contribution is 0.312. The molecule has 0 aromatic rings. The van der Waals surface area contributed by atoms with Gasteiger partial charge in [-0.3, -0.25) is 0 Å². The molecule has 1 radical (unpaired) electrons. The average Bonchev–Trinajstić information content (AvgIpc) is 1.91. The molecule has 0 aliphatic carbocycles. The maximum absolute atomic E-state index is 9.77. The molecule has 0 bridgehead atoms. The molecule has 1 fully saturated rings. The van der Waals surface area contributed by atoms with Crippen LogP contribution >= 0.6 is 0 Å². The van der Waals surface area contributed by atoms with E-state index >= 15 is 0 Å². The summed E-state index contributed by atoms with van der Waals surface area (Å²) in [5.74, 6) is 1.64. The Morgan fingerprint density at radius 3 is 2.56 bits per heavy atom. The number of carbonyl (C=O) groups excluding carboxylic acids is 1. The van der Waals surface area contributed by atoms with Gasteiger partial charge in [0, 0.05) is 26.2 Å². The third-order valence-corrected chi connectivity index (χ3v) is 1.32. The van der Waals surface area contributed by atoms with Crippen LogP contribution in [0, 0.1) is 6.20 Å². The minimum absolute atomic E-state index is 0.870. The van der Waals surface area contributed by atoms with Gasteiger partial charge in [-0.25, -0.2) is 4.79 Å². The van der Waals surface area contributed by atoms with E-state index in [4.69, 9.17) is 0 Å². The topological polar surface area (TPSA) is 32.3 Å². The van der Waals surface area contributed by atoms with Crippen LogP contribution < -0.4 is 5.32 Å². The Labute approximate surface area is 54.3 Å². The van der Waals surface area contributed by atoms with Crippen LogP contribution in [-0.4, -0.2) is 37.0 Å². The van der Waals surface area contributed by atoms with Crippen molar-refractivity contribution in [2.24, 2.45) is 0 Å². The number of piperazine rings is 1. The SMILES string of the molecule is O=C=[C]N1CCNCC1. The van der Waals surface area contributed by atoms with Crippen molar-refractivity contribution in [2.45, 2.75) is 0 Å². The maximum Gasteiger partial charge on any atom is 0.158 e. The van der Waals surface area contributed by atoms with E-state index in [9.17, 15) is 4.79 Å². The van der Waals surface area contributed by atoms with E-state index in [1.165, 1.54) is 0 Å². The number of hydrogen-bond donors (Lipinski definition) is 1. The van der Waals surface area contributed by atoms with Gasteiger partial charge in [-0.2, -0.15) is 0 Å². The van der Waals surface area contributed by atoms with Gasteiger partial charge in [0.15, 0.2) is 12.1 Å². The van der Waals surface area contributed by atoms with Gasteiger partial charge in [-0.1, -0.05) is 0 Å². The summed E-state index contributed by atoms with van der Waals surface area (Å²) in [6.45, 7) is 3.62. The van der Waals surface area contributed by atoms with Crippen molar-refractivity contribution < 1.29 is 4.79 Å². The standard InChI is InChI=1S/C6H9N2O/c9-6-5-8-3-1-7-2-4-8/h7H,1-4H2. The molecule has 1 heterocycles. The highest BCUT2D eigenvalue weighted by atomic mass is 16.1. The Morgan fingerprint density at radius 1 is 1.33 bits per heavy atom. The minimum Gasteiger partial charge on any atom is -0.358 e. The van der Waals surface area contributed by atoms with Crippen LogP contribution in [0.1, 0.15) is 0 Å². The highest BCUT2D eigenvalue weighted by Crippen LogP contribution is 1.87. The molecule has 0 amide bonds. The molecule has 9 heavy (non-hydrogen) atoms. The lowest BCUT2D eigenvalue weighted by Crippen LogP contribution is -2.40. The maximum atomic E-state index is 9.77. The van der Waals surface area contributed by atoms with E-state index in [1.54, 1.807) is 5.94 Å². The Bertz CT molecular complexity index is 123. The van der Waals surface area contributed by atoms with Crippen molar-refractivity contribution >= 4 is 5.94 Å². The molecule has 0 aromatic carbocycles. The summed E-state index contributed by atoms with van der Waals surface area (Å²) in [4.78, 5) is 11.6.